The Morgan fingerprint density at radius 2 is 1.95 bits per heavy atom. The van der Waals surface area contributed by atoms with Crippen molar-refractivity contribution in [3.05, 3.63) is 23.8 Å². The van der Waals surface area contributed by atoms with E-state index in [-0.39, 0.29) is 5.92 Å². The van der Waals surface area contributed by atoms with Crippen LogP contribution in [0.5, 0.6) is 11.5 Å². The summed E-state index contributed by atoms with van der Waals surface area (Å²) in [6.45, 7) is 6.01. The average molecular weight is 309 g/mol. The number of hydrogen-bond acceptors (Lipinski definition) is 4. The van der Waals surface area contributed by atoms with Crippen molar-refractivity contribution in [2.45, 2.75) is 33.2 Å². The van der Waals surface area contributed by atoms with E-state index in [1.54, 1.807) is 19.1 Å². The zero-order chi connectivity index (χ0) is 16.7. The molecule has 0 bridgehead atoms. The van der Waals surface area contributed by atoms with Crippen LogP contribution in [0.3, 0.4) is 0 Å². The van der Waals surface area contributed by atoms with Crippen LogP contribution in [0.15, 0.2) is 18.2 Å². The van der Waals surface area contributed by atoms with E-state index in [1.165, 1.54) is 13.2 Å². The third-order valence-electron chi connectivity index (χ3n) is 3.49. The molecule has 0 radical (unpaired) electrons. The number of aliphatic carboxylic acids is 1. The summed E-state index contributed by atoms with van der Waals surface area (Å²) in [6, 6.07) is 3.83. The number of nitrogens with one attached hydrogen (secondary N) is 1. The monoisotopic (exact) mass is 309 g/mol. The van der Waals surface area contributed by atoms with Gasteiger partial charge >= 0.3 is 5.97 Å². The van der Waals surface area contributed by atoms with E-state index in [2.05, 4.69) is 5.32 Å². The molecule has 2 atom stereocenters. The van der Waals surface area contributed by atoms with Gasteiger partial charge in [0.15, 0.2) is 11.5 Å². The first kappa shape index (κ1) is 17.8. The van der Waals surface area contributed by atoms with Crippen LogP contribution in [-0.2, 0) is 4.79 Å². The molecule has 0 fully saturated rings. The average Bonchev–Trinajstić information content (AvgIpc) is 2.51. The summed E-state index contributed by atoms with van der Waals surface area (Å²) in [5.74, 6) is -0.677. The highest BCUT2D eigenvalue weighted by atomic mass is 16.5. The van der Waals surface area contributed by atoms with Gasteiger partial charge in [-0.1, -0.05) is 20.3 Å². The van der Waals surface area contributed by atoms with Gasteiger partial charge in [0.1, 0.15) is 6.04 Å². The minimum Gasteiger partial charge on any atom is -0.493 e. The van der Waals surface area contributed by atoms with Crippen LogP contribution in [0.4, 0.5) is 0 Å². The zero-order valence-corrected chi connectivity index (χ0v) is 13.4. The lowest BCUT2D eigenvalue weighted by Crippen LogP contribution is -2.45. The van der Waals surface area contributed by atoms with Crippen LogP contribution in [0, 0.1) is 5.92 Å². The molecule has 6 heteroatoms. The number of carboxylic acids is 1. The zero-order valence-electron chi connectivity index (χ0n) is 13.4. The SMILES string of the molecule is CCOc1ccc(C(=O)N[C@H](C(=O)O)[C@@H](C)CC)cc1OC. The van der Waals surface area contributed by atoms with Crippen LogP contribution >= 0.6 is 0 Å². The maximum Gasteiger partial charge on any atom is 0.326 e. The van der Waals surface area contributed by atoms with E-state index in [1.807, 2.05) is 13.8 Å². The van der Waals surface area contributed by atoms with E-state index in [0.29, 0.717) is 30.1 Å². The van der Waals surface area contributed by atoms with Gasteiger partial charge in [-0.25, -0.2) is 4.79 Å². The summed E-state index contributed by atoms with van der Waals surface area (Å²) in [5, 5.41) is 11.8. The highest BCUT2D eigenvalue weighted by Crippen LogP contribution is 2.28. The molecule has 22 heavy (non-hydrogen) atoms. The van der Waals surface area contributed by atoms with E-state index in [0.717, 1.165) is 0 Å². The van der Waals surface area contributed by atoms with E-state index >= 15 is 0 Å². The van der Waals surface area contributed by atoms with Gasteiger partial charge in [0.05, 0.1) is 13.7 Å². The van der Waals surface area contributed by atoms with Gasteiger partial charge in [-0.3, -0.25) is 4.79 Å². The Balaban J connectivity index is 2.95. The molecule has 1 rings (SSSR count). The van der Waals surface area contributed by atoms with Gasteiger partial charge in [-0.05, 0) is 31.0 Å². The summed E-state index contributed by atoms with van der Waals surface area (Å²) in [5.41, 5.74) is 0.329. The van der Waals surface area contributed by atoms with Crippen molar-refractivity contribution >= 4 is 11.9 Å². The number of carboxylic acid groups (broad SMARTS) is 1. The van der Waals surface area contributed by atoms with Crippen LogP contribution in [0.2, 0.25) is 0 Å². The van der Waals surface area contributed by atoms with Crippen molar-refractivity contribution in [1.29, 1.82) is 0 Å². The van der Waals surface area contributed by atoms with E-state index < -0.39 is 17.9 Å². The molecule has 1 aromatic carbocycles. The lowest BCUT2D eigenvalue weighted by Gasteiger charge is -2.20. The minimum absolute atomic E-state index is 0.161. The molecule has 0 spiro atoms. The predicted molar refractivity (Wildman–Crippen MR) is 82.5 cm³/mol. The highest BCUT2D eigenvalue weighted by molar-refractivity contribution is 5.97. The lowest BCUT2D eigenvalue weighted by atomic mass is 9.99. The maximum absolute atomic E-state index is 12.2. The van der Waals surface area contributed by atoms with Crippen molar-refractivity contribution in [2.24, 2.45) is 5.92 Å². The predicted octanol–water partition coefficient (Wildman–Crippen LogP) is 2.32. The van der Waals surface area contributed by atoms with Crippen LogP contribution in [-0.4, -0.2) is 36.7 Å². The molecule has 0 aromatic heterocycles. The fourth-order valence-corrected chi connectivity index (χ4v) is 1.99. The summed E-state index contributed by atoms with van der Waals surface area (Å²) in [4.78, 5) is 23.5. The number of carbonyl (C=O) groups excluding carboxylic acids is 1. The number of carbonyl (C=O) groups is 2. The molecule has 1 aromatic rings. The Labute approximate surface area is 130 Å². The number of amides is 1. The van der Waals surface area contributed by atoms with Gasteiger partial charge in [-0.15, -0.1) is 0 Å². The molecule has 6 nitrogen and oxygen atoms in total. The number of benzene rings is 1. The molecule has 0 aliphatic rings. The molecule has 0 saturated heterocycles. The Kier molecular flexibility index (Phi) is 6.69. The third kappa shape index (κ3) is 4.38. The summed E-state index contributed by atoms with van der Waals surface area (Å²) >= 11 is 0. The Bertz CT molecular complexity index is 529. The summed E-state index contributed by atoms with van der Waals surface area (Å²) < 4.78 is 10.6. The second kappa shape index (κ2) is 8.26. The summed E-state index contributed by atoms with van der Waals surface area (Å²) in [7, 11) is 1.48. The van der Waals surface area contributed by atoms with Gasteiger partial charge in [0.25, 0.3) is 5.91 Å². The molecule has 0 saturated carbocycles. The van der Waals surface area contributed by atoms with Crippen LogP contribution in [0.1, 0.15) is 37.6 Å². The van der Waals surface area contributed by atoms with Crippen molar-refractivity contribution < 1.29 is 24.2 Å². The lowest BCUT2D eigenvalue weighted by molar-refractivity contribution is -0.140. The normalized spacial score (nSPS) is 13.1. The first-order valence-electron chi connectivity index (χ1n) is 7.29. The standard InChI is InChI=1S/C16H23NO5/c1-5-10(3)14(16(19)20)17-15(18)11-7-8-12(22-6-2)13(9-11)21-4/h7-10,14H,5-6H2,1-4H3,(H,17,18)(H,19,20)/t10-,14-/m0/s1. The molecule has 122 valence electrons. The molecular formula is C16H23NO5. The molecule has 0 unspecified atom stereocenters. The smallest absolute Gasteiger partial charge is 0.326 e. The summed E-state index contributed by atoms with van der Waals surface area (Å²) in [6.07, 6.45) is 0.657. The number of methoxy groups -OCH3 is 1. The molecule has 0 aliphatic heterocycles. The van der Waals surface area contributed by atoms with Gasteiger partial charge < -0.3 is 19.9 Å². The number of ether oxygens (including phenoxy) is 2. The van der Waals surface area contributed by atoms with Gasteiger partial charge in [-0.2, -0.15) is 0 Å². The second-order valence-corrected chi connectivity index (χ2v) is 4.97. The van der Waals surface area contributed by atoms with Crippen molar-refractivity contribution in [2.75, 3.05) is 13.7 Å². The molecule has 0 heterocycles. The number of hydrogen-bond donors (Lipinski definition) is 2. The quantitative estimate of drug-likeness (QED) is 0.770. The molecule has 1 amide bonds. The third-order valence-corrected chi connectivity index (χ3v) is 3.49. The van der Waals surface area contributed by atoms with Crippen molar-refractivity contribution in [1.82, 2.24) is 5.32 Å². The maximum atomic E-state index is 12.2. The number of rotatable bonds is 8. The molecule has 0 aliphatic carbocycles. The van der Waals surface area contributed by atoms with Crippen molar-refractivity contribution in [3.63, 3.8) is 0 Å². The van der Waals surface area contributed by atoms with Crippen molar-refractivity contribution in [3.8, 4) is 11.5 Å². The van der Waals surface area contributed by atoms with E-state index in [4.69, 9.17) is 9.47 Å². The fraction of sp³-hybridized carbons (Fsp3) is 0.500. The largest absolute Gasteiger partial charge is 0.493 e. The highest BCUT2D eigenvalue weighted by Gasteiger charge is 2.26. The van der Waals surface area contributed by atoms with Crippen LogP contribution in [0.25, 0.3) is 0 Å². The Morgan fingerprint density at radius 3 is 2.45 bits per heavy atom. The van der Waals surface area contributed by atoms with Gasteiger partial charge in [0, 0.05) is 5.56 Å². The van der Waals surface area contributed by atoms with E-state index in [9.17, 15) is 14.7 Å². The van der Waals surface area contributed by atoms with Gasteiger partial charge in [0.2, 0.25) is 0 Å². The Hall–Kier alpha value is -2.24. The minimum atomic E-state index is -1.04. The second-order valence-electron chi connectivity index (χ2n) is 4.97. The topological polar surface area (TPSA) is 84.9 Å². The van der Waals surface area contributed by atoms with Crippen LogP contribution < -0.4 is 14.8 Å². The first-order valence-corrected chi connectivity index (χ1v) is 7.29. The fourth-order valence-electron chi connectivity index (χ4n) is 1.99. The Morgan fingerprint density at radius 1 is 1.27 bits per heavy atom. The molecular weight excluding hydrogens is 286 g/mol. The molecule has 2 N–H and O–H groups in total. The first-order chi connectivity index (χ1) is 10.4.